The first-order valence-corrected chi connectivity index (χ1v) is 7.09. The van der Waals surface area contributed by atoms with Crippen molar-refractivity contribution in [1.82, 2.24) is 4.90 Å². The molecular formula is C16H24FNO3. The maximum absolute atomic E-state index is 13.6. The van der Waals surface area contributed by atoms with Gasteiger partial charge >= 0.3 is 0 Å². The molecule has 0 fully saturated rings. The van der Waals surface area contributed by atoms with E-state index in [2.05, 4.69) is 0 Å². The van der Waals surface area contributed by atoms with Gasteiger partial charge in [-0.2, -0.15) is 0 Å². The number of carbonyl (C=O) groups excluding carboxylic acids is 1. The van der Waals surface area contributed by atoms with Crippen LogP contribution in [-0.2, 0) is 11.2 Å². The number of methoxy groups -OCH3 is 1. The van der Waals surface area contributed by atoms with Crippen molar-refractivity contribution in [3.63, 3.8) is 0 Å². The van der Waals surface area contributed by atoms with Crippen molar-refractivity contribution < 1.29 is 19.0 Å². The summed E-state index contributed by atoms with van der Waals surface area (Å²) in [6, 6.07) is 4.70. The summed E-state index contributed by atoms with van der Waals surface area (Å²) < 4.78 is 18.4. The summed E-state index contributed by atoms with van der Waals surface area (Å²) in [7, 11) is 1.41. The van der Waals surface area contributed by atoms with Crippen LogP contribution in [0.5, 0.6) is 5.75 Å². The molecular weight excluding hydrogens is 273 g/mol. The van der Waals surface area contributed by atoms with Gasteiger partial charge in [0, 0.05) is 19.5 Å². The molecule has 1 rings (SSSR count). The molecule has 0 aromatic heterocycles. The molecule has 0 unspecified atom stereocenters. The Balaban J connectivity index is 2.61. The van der Waals surface area contributed by atoms with Crippen molar-refractivity contribution >= 4 is 5.91 Å². The molecule has 21 heavy (non-hydrogen) atoms. The predicted octanol–water partition coefficient (Wildman–Crippen LogP) is 2.39. The van der Waals surface area contributed by atoms with E-state index in [0.717, 1.165) is 5.56 Å². The third-order valence-corrected chi connectivity index (χ3v) is 3.16. The second-order valence-corrected chi connectivity index (χ2v) is 5.69. The molecule has 0 aliphatic heterocycles. The van der Waals surface area contributed by atoms with E-state index >= 15 is 0 Å². The molecule has 0 bridgehead atoms. The van der Waals surface area contributed by atoms with Crippen molar-refractivity contribution in [2.75, 3.05) is 20.2 Å². The molecule has 0 radical (unpaired) electrons. The standard InChI is InChI=1S/C16H24FNO3/c1-5-18(11-16(2,3)20)15(19)9-7-12-6-8-14(21-4)13(17)10-12/h6,8,10,20H,5,7,9,11H2,1-4H3. The third kappa shape index (κ3) is 5.71. The van der Waals surface area contributed by atoms with E-state index in [1.807, 2.05) is 6.92 Å². The van der Waals surface area contributed by atoms with Gasteiger partial charge in [-0.15, -0.1) is 0 Å². The Bertz CT molecular complexity index is 483. The zero-order valence-electron chi connectivity index (χ0n) is 13.1. The van der Waals surface area contributed by atoms with Crippen LogP contribution in [-0.4, -0.2) is 41.7 Å². The van der Waals surface area contributed by atoms with Crippen molar-refractivity contribution in [3.8, 4) is 5.75 Å². The van der Waals surface area contributed by atoms with Gasteiger partial charge in [-0.05, 0) is 44.9 Å². The lowest BCUT2D eigenvalue weighted by atomic mass is 10.1. The van der Waals surface area contributed by atoms with E-state index < -0.39 is 11.4 Å². The number of aryl methyl sites for hydroxylation is 1. The number of benzene rings is 1. The average molecular weight is 297 g/mol. The van der Waals surface area contributed by atoms with E-state index in [9.17, 15) is 14.3 Å². The number of amides is 1. The molecule has 0 saturated heterocycles. The minimum atomic E-state index is -0.919. The lowest BCUT2D eigenvalue weighted by Crippen LogP contribution is -2.42. The quantitative estimate of drug-likeness (QED) is 0.840. The van der Waals surface area contributed by atoms with Crippen LogP contribution in [0.25, 0.3) is 0 Å². The molecule has 1 N–H and O–H groups in total. The number of likely N-dealkylation sites (N-methyl/N-ethyl adjacent to an activating group) is 1. The van der Waals surface area contributed by atoms with Crippen molar-refractivity contribution in [1.29, 1.82) is 0 Å². The van der Waals surface area contributed by atoms with E-state index in [0.29, 0.717) is 19.5 Å². The molecule has 5 heteroatoms. The number of halogens is 1. The summed E-state index contributed by atoms with van der Waals surface area (Å²) in [5, 5.41) is 9.79. The van der Waals surface area contributed by atoms with Gasteiger partial charge in [0.2, 0.25) is 5.91 Å². The number of ether oxygens (including phenoxy) is 1. The first-order valence-electron chi connectivity index (χ1n) is 7.09. The average Bonchev–Trinajstić information content (AvgIpc) is 2.41. The molecule has 1 aromatic carbocycles. The maximum atomic E-state index is 13.6. The lowest BCUT2D eigenvalue weighted by molar-refractivity contribution is -0.133. The number of aliphatic hydroxyl groups is 1. The predicted molar refractivity (Wildman–Crippen MR) is 79.8 cm³/mol. The Labute approximate surface area is 125 Å². The molecule has 0 heterocycles. The monoisotopic (exact) mass is 297 g/mol. The van der Waals surface area contributed by atoms with Crippen LogP contribution in [0, 0.1) is 5.82 Å². The fourth-order valence-electron chi connectivity index (χ4n) is 2.12. The highest BCUT2D eigenvalue weighted by Gasteiger charge is 2.21. The van der Waals surface area contributed by atoms with Gasteiger partial charge in [0.05, 0.1) is 12.7 Å². The van der Waals surface area contributed by atoms with Crippen LogP contribution < -0.4 is 4.74 Å². The van der Waals surface area contributed by atoms with Crippen LogP contribution in [0.2, 0.25) is 0 Å². The van der Waals surface area contributed by atoms with Gasteiger partial charge in [0.15, 0.2) is 11.6 Å². The second-order valence-electron chi connectivity index (χ2n) is 5.69. The minimum absolute atomic E-state index is 0.0455. The van der Waals surface area contributed by atoms with Crippen LogP contribution in [0.4, 0.5) is 4.39 Å². The highest BCUT2D eigenvalue weighted by atomic mass is 19.1. The summed E-state index contributed by atoms with van der Waals surface area (Å²) in [5.74, 6) is -0.274. The molecule has 0 atom stereocenters. The Morgan fingerprint density at radius 3 is 2.57 bits per heavy atom. The number of nitrogens with zero attached hydrogens (tertiary/aromatic N) is 1. The first-order chi connectivity index (χ1) is 9.76. The van der Waals surface area contributed by atoms with Crippen molar-refractivity contribution in [2.45, 2.75) is 39.2 Å². The van der Waals surface area contributed by atoms with E-state index in [-0.39, 0.29) is 18.1 Å². The van der Waals surface area contributed by atoms with Crippen molar-refractivity contribution in [3.05, 3.63) is 29.6 Å². The SMILES string of the molecule is CCN(CC(C)(C)O)C(=O)CCc1ccc(OC)c(F)c1. The summed E-state index contributed by atoms with van der Waals surface area (Å²) >= 11 is 0. The van der Waals surface area contributed by atoms with Gasteiger partial charge in [0.1, 0.15) is 0 Å². The minimum Gasteiger partial charge on any atom is -0.494 e. The second kappa shape index (κ2) is 7.41. The largest absolute Gasteiger partial charge is 0.494 e. The van der Waals surface area contributed by atoms with Gasteiger partial charge in [-0.3, -0.25) is 4.79 Å². The Hall–Kier alpha value is -1.62. The summed E-state index contributed by atoms with van der Waals surface area (Å²) in [5.41, 5.74) is -0.168. The zero-order chi connectivity index (χ0) is 16.0. The highest BCUT2D eigenvalue weighted by Crippen LogP contribution is 2.18. The molecule has 0 saturated carbocycles. The normalized spacial score (nSPS) is 11.3. The number of hydrogen-bond donors (Lipinski definition) is 1. The number of hydrogen-bond acceptors (Lipinski definition) is 3. The highest BCUT2D eigenvalue weighted by molar-refractivity contribution is 5.76. The number of carbonyl (C=O) groups is 1. The molecule has 0 aliphatic rings. The molecule has 0 aliphatic carbocycles. The van der Waals surface area contributed by atoms with E-state index in [1.165, 1.54) is 13.2 Å². The van der Waals surface area contributed by atoms with Gasteiger partial charge < -0.3 is 14.7 Å². The Morgan fingerprint density at radius 2 is 2.10 bits per heavy atom. The van der Waals surface area contributed by atoms with Gasteiger partial charge in [-0.25, -0.2) is 4.39 Å². The maximum Gasteiger partial charge on any atom is 0.222 e. The van der Waals surface area contributed by atoms with E-state index in [1.54, 1.807) is 30.9 Å². The lowest BCUT2D eigenvalue weighted by Gasteiger charge is -2.28. The van der Waals surface area contributed by atoms with Crippen molar-refractivity contribution in [2.24, 2.45) is 0 Å². The first kappa shape index (κ1) is 17.4. The smallest absolute Gasteiger partial charge is 0.222 e. The number of rotatable bonds is 7. The fourth-order valence-corrected chi connectivity index (χ4v) is 2.12. The van der Waals surface area contributed by atoms with Gasteiger partial charge in [-0.1, -0.05) is 6.07 Å². The zero-order valence-corrected chi connectivity index (χ0v) is 13.1. The topological polar surface area (TPSA) is 49.8 Å². The van der Waals surface area contributed by atoms with Crippen LogP contribution >= 0.6 is 0 Å². The Morgan fingerprint density at radius 1 is 1.43 bits per heavy atom. The van der Waals surface area contributed by atoms with Crippen LogP contribution in [0.1, 0.15) is 32.8 Å². The van der Waals surface area contributed by atoms with E-state index in [4.69, 9.17) is 4.74 Å². The Kier molecular flexibility index (Phi) is 6.15. The summed E-state index contributed by atoms with van der Waals surface area (Å²) in [4.78, 5) is 13.7. The molecule has 1 amide bonds. The van der Waals surface area contributed by atoms with Gasteiger partial charge in [0.25, 0.3) is 0 Å². The summed E-state index contributed by atoms with van der Waals surface area (Å²) in [6.45, 7) is 6.04. The fraction of sp³-hybridized carbons (Fsp3) is 0.562. The molecule has 1 aromatic rings. The molecule has 0 spiro atoms. The van der Waals surface area contributed by atoms with Crippen LogP contribution in [0.15, 0.2) is 18.2 Å². The third-order valence-electron chi connectivity index (χ3n) is 3.16. The summed E-state index contributed by atoms with van der Waals surface area (Å²) in [6.07, 6.45) is 0.748. The molecule has 118 valence electrons. The molecule has 4 nitrogen and oxygen atoms in total. The van der Waals surface area contributed by atoms with Crippen LogP contribution in [0.3, 0.4) is 0 Å².